The molecule has 11 heteroatoms. The van der Waals surface area contributed by atoms with Crippen molar-refractivity contribution in [3.8, 4) is 0 Å². The predicted molar refractivity (Wildman–Crippen MR) is 94.0 cm³/mol. The van der Waals surface area contributed by atoms with E-state index in [1.807, 2.05) is 26.8 Å². The zero-order chi connectivity index (χ0) is 19.3. The standard InChI is InChI=1S/C14H25N3O6P2/c1-11(2)5-4-6-12(3)7-8-17-10-13(15-16-17)9-14(24(18,19)20)25(21,22)23/h5,7,10,14H,4,6,8-9H2,1-3H3,(H2,18,19,20)(H2,21,22,23)/b12-7+. The Labute approximate surface area is 146 Å². The van der Waals surface area contributed by atoms with Crippen LogP contribution in [0.25, 0.3) is 0 Å². The molecule has 0 amide bonds. The first-order chi connectivity index (χ1) is 11.4. The lowest BCUT2D eigenvalue weighted by molar-refractivity contribution is 0.337. The van der Waals surface area contributed by atoms with Gasteiger partial charge in [0.05, 0.1) is 12.2 Å². The quantitative estimate of drug-likeness (QED) is 0.369. The van der Waals surface area contributed by atoms with Gasteiger partial charge in [-0.05, 0) is 33.6 Å². The molecule has 0 aliphatic carbocycles. The van der Waals surface area contributed by atoms with Crippen LogP contribution in [-0.4, -0.2) is 40.0 Å². The summed E-state index contributed by atoms with van der Waals surface area (Å²) in [6, 6.07) is 0. The monoisotopic (exact) mass is 393 g/mol. The highest BCUT2D eigenvalue weighted by Gasteiger charge is 2.43. The highest BCUT2D eigenvalue weighted by molar-refractivity contribution is 7.70. The normalized spacial score (nSPS) is 13.4. The predicted octanol–water partition coefficient (Wildman–Crippen LogP) is 2.19. The Morgan fingerprint density at radius 2 is 1.76 bits per heavy atom. The first kappa shape index (κ1) is 22.0. The minimum atomic E-state index is -4.96. The number of allylic oxidation sites excluding steroid dienone is 4. The maximum Gasteiger partial charge on any atom is 0.341 e. The summed E-state index contributed by atoms with van der Waals surface area (Å²) < 4.78 is 24.0. The minimum Gasteiger partial charge on any atom is -0.324 e. The van der Waals surface area contributed by atoms with E-state index in [9.17, 15) is 9.13 Å². The average molecular weight is 393 g/mol. The Morgan fingerprint density at radius 3 is 2.28 bits per heavy atom. The average Bonchev–Trinajstić information content (AvgIpc) is 2.87. The van der Waals surface area contributed by atoms with Crippen LogP contribution in [0.5, 0.6) is 0 Å². The van der Waals surface area contributed by atoms with E-state index in [0.717, 1.165) is 18.4 Å². The summed E-state index contributed by atoms with van der Waals surface area (Å²) >= 11 is 0. The summed E-state index contributed by atoms with van der Waals surface area (Å²) in [5.41, 5.74) is 2.54. The van der Waals surface area contributed by atoms with E-state index in [2.05, 4.69) is 16.4 Å². The van der Waals surface area contributed by atoms with Gasteiger partial charge < -0.3 is 19.6 Å². The first-order valence-corrected chi connectivity index (χ1v) is 11.0. The maximum atomic E-state index is 11.3. The van der Waals surface area contributed by atoms with Crippen LogP contribution in [0.1, 0.15) is 39.3 Å². The third-order valence-electron chi connectivity index (χ3n) is 3.47. The fourth-order valence-electron chi connectivity index (χ4n) is 2.08. The molecule has 0 radical (unpaired) electrons. The Hall–Kier alpha value is -1.08. The van der Waals surface area contributed by atoms with Gasteiger partial charge in [0.15, 0.2) is 5.40 Å². The van der Waals surface area contributed by atoms with E-state index < -0.39 is 27.0 Å². The summed E-state index contributed by atoms with van der Waals surface area (Å²) in [5.74, 6) is 0. The molecule has 0 saturated carbocycles. The van der Waals surface area contributed by atoms with Gasteiger partial charge in [-0.3, -0.25) is 9.13 Å². The molecule has 1 heterocycles. The first-order valence-electron chi connectivity index (χ1n) is 7.68. The van der Waals surface area contributed by atoms with Crippen LogP contribution in [0, 0.1) is 0 Å². The lowest BCUT2D eigenvalue weighted by Gasteiger charge is -2.18. The Morgan fingerprint density at radius 1 is 1.16 bits per heavy atom. The molecular formula is C14H25N3O6P2. The number of hydrogen-bond donors (Lipinski definition) is 4. The fraction of sp³-hybridized carbons (Fsp3) is 0.571. The van der Waals surface area contributed by atoms with E-state index in [1.54, 1.807) is 0 Å². The molecule has 0 spiro atoms. The Kier molecular flexibility index (Phi) is 7.93. The second kappa shape index (κ2) is 9.03. The molecule has 142 valence electrons. The van der Waals surface area contributed by atoms with Gasteiger partial charge in [-0.15, -0.1) is 5.10 Å². The van der Waals surface area contributed by atoms with Crippen molar-refractivity contribution in [2.75, 3.05) is 0 Å². The van der Waals surface area contributed by atoms with Crippen LogP contribution < -0.4 is 0 Å². The highest BCUT2D eigenvalue weighted by atomic mass is 31.2. The van der Waals surface area contributed by atoms with Gasteiger partial charge in [-0.1, -0.05) is 28.5 Å². The van der Waals surface area contributed by atoms with E-state index >= 15 is 0 Å². The molecule has 0 atom stereocenters. The van der Waals surface area contributed by atoms with Gasteiger partial charge in [0, 0.05) is 12.6 Å². The molecule has 4 N–H and O–H groups in total. The summed E-state index contributed by atoms with van der Waals surface area (Å²) in [6.45, 7) is 6.50. The van der Waals surface area contributed by atoms with Crippen LogP contribution in [0.15, 0.2) is 29.5 Å². The number of nitrogens with zero attached hydrogens (tertiary/aromatic N) is 3. The van der Waals surface area contributed by atoms with Crippen molar-refractivity contribution in [3.63, 3.8) is 0 Å². The Bertz CT molecular complexity index is 705. The van der Waals surface area contributed by atoms with E-state index in [-0.39, 0.29) is 5.69 Å². The summed E-state index contributed by atoms with van der Waals surface area (Å²) in [5, 5.41) is 5.45. The molecule has 1 rings (SSSR count). The molecule has 0 aliphatic rings. The van der Waals surface area contributed by atoms with Gasteiger partial charge in [-0.25, -0.2) is 4.68 Å². The third kappa shape index (κ3) is 8.23. The number of aromatic nitrogens is 3. The lowest BCUT2D eigenvalue weighted by atomic mass is 10.1. The minimum absolute atomic E-state index is 0.118. The van der Waals surface area contributed by atoms with Gasteiger partial charge in [0.1, 0.15) is 0 Å². The third-order valence-corrected chi connectivity index (χ3v) is 7.20. The molecule has 1 aromatic heterocycles. The van der Waals surface area contributed by atoms with Gasteiger partial charge in [0.25, 0.3) is 0 Å². The maximum absolute atomic E-state index is 11.3. The number of hydrogen-bond acceptors (Lipinski definition) is 4. The lowest BCUT2D eigenvalue weighted by Crippen LogP contribution is -2.13. The molecule has 25 heavy (non-hydrogen) atoms. The topological polar surface area (TPSA) is 146 Å². The fourth-order valence-corrected chi connectivity index (χ4v) is 4.50. The second-order valence-corrected chi connectivity index (χ2v) is 10.2. The van der Waals surface area contributed by atoms with E-state index in [4.69, 9.17) is 19.6 Å². The van der Waals surface area contributed by atoms with Crippen LogP contribution in [0.3, 0.4) is 0 Å². The molecule has 1 aromatic rings. The van der Waals surface area contributed by atoms with Crippen LogP contribution >= 0.6 is 15.2 Å². The van der Waals surface area contributed by atoms with Crippen molar-refractivity contribution in [1.82, 2.24) is 15.0 Å². The largest absolute Gasteiger partial charge is 0.341 e. The molecule has 0 aliphatic heterocycles. The van der Waals surface area contributed by atoms with E-state index in [0.29, 0.717) is 6.54 Å². The SMILES string of the molecule is CC(C)=CCC/C(C)=C/Cn1cc(CC(P(=O)(O)O)P(=O)(O)O)nn1. The van der Waals surface area contributed by atoms with Crippen molar-refractivity contribution in [2.24, 2.45) is 0 Å². The zero-order valence-corrected chi connectivity index (χ0v) is 16.3. The second-order valence-electron chi connectivity index (χ2n) is 6.17. The van der Waals surface area contributed by atoms with Gasteiger partial charge in [0.2, 0.25) is 0 Å². The zero-order valence-electron chi connectivity index (χ0n) is 14.5. The van der Waals surface area contributed by atoms with Crippen LogP contribution in [0.2, 0.25) is 0 Å². The van der Waals surface area contributed by atoms with Crippen molar-refractivity contribution in [3.05, 3.63) is 35.2 Å². The highest BCUT2D eigenvalue weighted by Crippen LogP contribution is 2.60. The van der Waals surface area contributed by atoms with E-state index in [1.165, 1.54) is 16.5 Å². The van der Waals surface area contributed by atoms with Crippen molar-refractivity contribution < 1.29 is 28.7 Å². The van der Waals surface area contributed by atoms with Crippen molar-refractivity contribution in [2.45, 2.75) is 52.0 Å². The van der Waals surface area contributed by atoms with Crippen LogP contribution in [-0.2, 0) is 22.1 Å². The number of rotatable bonds is 9. The van der Waals surface area contributed by atoms with Gasteiger partial charge >= 0.3 is 15.2 Å². The summed E-state index contributed by atoms with van der Waals surface area (Å²) in [4.78, 5) is 36.5. The molecule has 0 saturated heterocycles. The Balaban J connectivity index is 2.71. The molecule has 0 fully saturated rings. The van der Waals surface area contributed by atoms with Gasteiger partial charge in [-0.2, -0.15) is 0 Å². The smallest absolute Gasteiger partial charge is 0.324 e. The molecule has 0 unspecified atom stereocenters. The molecule has 0 aromatic carbocycles. The molecule has 9 nitrogen and oxygen atoms in total. The summed E-state index contributed by atoms with van der Waals surface area (Å²) in [7, 11) is -9.93. The molecular weight excluding hydrogens is 368 g/mol. The van der Waals surface area contributed by atoms with Crippen LogP contribution in [0.4, 0.5) is 0 Å². The molecule has 0 bridgehead atoms. The van der Waals surface area contributed by atoms with Crippen molar-refractivity contribution >= 4 is 15.2 Å². The van der Waals surface area contributed by atoms with Crippen molar-refractivity contribution in [1.29, 1.82) is 0 Å². The summed E-state index contributed by atoms with van der Waals surface area (Å²) in [6.07, 6.45) is 6.84.